The fourth-order valence-electron chi connectivity index (χ4n) is 2.67. The molecule has 0 amide bonds. The molecule has 26 heavy (non-hydrogen) atoms. The van der Waals surface area contributed by atoms with Gasteiger partial charge in [-0.1, -0.05) is 38.4 Å². The number of carbonyl (C=O) groups is 1. The van der Waals surface area contributed by atoms with Crippen molar-refractivity contribution in [3.8, 4) is 5.75 Å². The third-order valence-electron chi connectivity index (χ3n) is 4.07. The summed E-state index contributed by atoms with van der Waals surface area (Å²) in [5, 5.41) is 7.62. The first-order valence-electron chi connectivity index (χ1n) is 8.70. The second kappa shape index (κ2) is 7.99. The maximum absolute atomic E-state index is 12.1. The van der Waals surface area contributed by atoms with Crippen LogP contribution in [-0.2, 0) is 22.1 Å². The van der Waals surface area contributed by atoms with E-state index in [0.717, 1.165) is 24.8 Å². The van der Waals surface area contributed by atoms with Crippen LogP contribution in [0.5, 0.6) is 5.75 Å². The van der Waals surface area contributed by atoms with E-state index < -0.39 is 10.8 Å². The van der Waals surface area contributed by atoms with Gasteiger partial charge in [-0.15, -0.1) is 5.10 Å². The summed E-state index contributed by atoms with van der Waals surface area (Å²) in [7, 11) is -1.33. The van der Waals surface area contributed by atoms with Crippen LogP contribution in [-0.4, -0.2) is 25.6 Å². The van der Waals surface area contributed by atoms with Crippen molar-refractivity contribution in [1.29, 1.82) is 0 Å². The normalized spacial score (nSPS) is 17.2. The Hall–Kier alpha value is -2.22. The van der Waals surface area contributed by atoms with Crippen LogP contribution < -0.4 is 4.74 Å². The molecule has 0 saturated heterocycles. The zero-order chi connectivity index (χ0) is 18.7. The van der Waals surface area contributed by atoms with Gasteiger partial charge in [0.25, 0.3) is 5.89 Å². The Morgan fingerprint density at radius 2 is 2.12 bits per heavy atom. The molecule has 0 saturated carbocycles. The Labute approximate surface area is 154 Å². The highest BCUT2D eigenvalue weighted by Crippen LogP contribution is 2.36. The number of carbonyl (C=O) groups excluding carboxylic acids is 1. The molecule has 2 unspecified atom stereocenters. The van der Waals surface area contributed by atoms with Crippen LogP contribution in [0.3, 0.4) is 0 Å². The van der Waals surface area contributed by atoms with Gasteiger partial charge in [-0.3, -0.25) is 0 Å². The van der Waals surface area contributed by atoms with Crippen LogP contribution in [0.1, 0.15) is 67.9 Å². The molecule has 0 fully saturated rings. The van der Waals surface area contributed by atoms with Crippen LogP contribution >= 0.6 is 0 Å². The SMILES string of the molecule is CCCCC1OC(=O)c2cc(OCc3nnc(S(=O)C(C)C)o3)ccc21. The van der Waals surface area contributed by atoms with Crippen LogP contribution in [0.15, 0.2) is 27.8 Å². The van der Waals surface area contributed by atoms with Crippen molar-refractivity contribution in [3.63, 3.8) is 0 Å². The minimum atomic E-state index is -1.33. The highest BCUT2D eigenvalue weighted by molar-refractivity contribution is 7.85. The first kappa shape index (κ1) is 18.6. The molecule has 2 atom stereocenters. The Bertz CT molecular complexity index is 818. The molecule has 2 heterocycles. The molecule has 2 aromatic rings. The molecular weight excluding hydrogens is 356 g/mol. The summed E-state index contributed by atoms with van der Waals surface area (Å²) >= 11 is 0. The fraction of sp³-hybridized carbons (Fsp3) is 0.500. The summed E-state index contributed by atoms with van der Waals surface area (Å²) < 4.78 is 28.4. The van der Waals surface area contributed by atoms with Gasteiger partial charge in [0.15, 0.2) is 6.61 Å². The molecule has 0 radical (unpaired) electrons. The van der Waals surface area contributed by atoms with Gasteiger partial charge in [0.1, 0.15) is 22.7 Å². The zero-order valence-electron chi connectivity index (χ0n) is 15.1. The molecule has 7 nitrogen and oxygen atoms in total. The molecule has 1 aliphatic heterocycles. The Balaban J connectivity index is 1.66. The third kappa shape index (κ3) is 3.95. The van der Waals surface area contributed by atoms with E-state index in [-0.39, 0.29) is 35.0 Å². The minimum absolute atomic E-state index is 0.0371. The topological polar surface area (TPSA) is 91.5 Å². The van der Waals surface area contributed by atoms with Gasteiger partial charge in [-0.25, -0.2) is 9.00 Å². The molecular formula is C18H22N2O5S. The van der Waals surface area contributed by atoms with E-state index in [0.29, 0.717) is 11.3 Å². The van der Waals surface area contributed by atoms with Crippen molar-refractivity contribution in [2.45, 2.75) is 63.2 Å². The van der Waals surface area contributed by atoms with Gasteiger partial charge in [0, 0.05) is 10.8 Å². The number of cyclic esters (lactones) is 1. The van der Waals surface area contributed by atoms with Crippen molar-refractivity contribution in [3.05, 3.63) is 35.2 Å². The predicted octanol–water partition coefficient (Wildman–Crippen LogP) is 3.57. The number of ether oxygens (including phenoxy) is 2. The summed E-state index contributed by atoms with van der Waals surface area (Å²) in [5.41, 5.74) is 1.44. The number of fused-ring (bicyclic) bond motifs is 1. The smallest absolute Gasteiger partial charge is 0.339 e. The molecule has 1 aliphatic rings. The van der Waals surface area contributed by atoms with Gasteiger partial charge in [-0.05, 0) is 25.0 Å². The number of benzene rings is 1. The van der Waals surface area contributed by atoms with Crippen LogP contribution in [0, 0.1) is 0 Å². The van der Waals surface area contributed by atoms with E-state index in [9.17, 15) is 9.00 Å². The van der Waals surface area contributed by atoms with E-state index in [4.69, 9.17) is 13.9 Å². The predicted molar refractivity (Wildman–Crippen MR) is 94.3 cm³/mol. The van der Waals surface area contributed by atoms with Crippen LogP contribution in [0.4, 0.5) is 0 Å². The number of nitrogens with zero attached hydrogens (tertiary/aromatic N) is 2. The second-order valence-electron chi connectivity index (χ2n) is 6.38. The lowest BCUT2D eigenvalue weighted by molar-refractivity contribution is 0.0364. The van der Waals surface area contributed by atoms with E-state index >= 15 is 0 Å². The maximum atomic E-state index is 12.1. The van der Waals surface area contributed by atoms with E-state index in [1.165, 1.54) is 0 Å². The number of hydrogen-bond acceptors (Lipinski definition) is 7. The second-order valence-corrected chi connectivity index (χ2v) is 8.27. The van der Waals surface area contributed by atoms with E-state index in [1.807, 2.05) is 19.9 Å². The molecule has 8 heteroatoms. The molecule has 3 rings (SSSR count). The van der Waals surface area contributed by atoms with E-state index in [1.54, 1.807) is 12.1 Å². The highest BCUT2D eigenvalue weighted by Gasteiger charge is 2.30. The lowest BCUT2D eigenvalue weighted by Crippen LogP contribution is -2.05. The van der Waals surface area contributed by atoms with Crippen molar-refractivity contribution in [2.75, 3.05) is 0 Å². The molecule has 0 N–H and O–H groups in total. The maximum Gasteiger partial charge on any atom is 0.339 e. The summed E-state index contributed by atoms with van der Waals surface area (Å²) in [4.78, 5) is 12.1. The van der Waals surface area contributed by atoms with Crippen molar-refractivity contribution in [1.82, 2.24) is 10.2 Å². The highest BCUT2D eigenvalue weighted by atomic mass is 32.2. The average molecular weight is 378 g/mol. The van der Waals surface area contributed by atoms with Gasteiger partial charge in [0.05, 0.1) is 5.56 Å². The molecule has 0 aliphatic carbocycles. The van der Waals surface area contributed by atoms with Gasteiger partial charge in [-0.2, -0.15) is 0 Å². The molecule has 1 aromatic carbocycles. The Kier molecular flexibility index (Phi) is 5.70. The number of unbranched alkanes of at least 4 members (excludes halogenated alkanes) is 1. The summed E-state index contributed by atoms with van der Waals surface area (Å²) in [5.74, 6) is 0.429. The Morgan fingerprint density at radius 1 is 1.31 bits per heavy atom. The van der Waals surface area contributed by atoms with Crippen LogP contribution in [0.2, 0.25) is 0 Å². The first-order valence-corrected chi connectivity index (χ1v) is 9.91. The lowest BCUT2D eigenvalue weighted by atomic mass is 10.0. The van der Waals surface area contributed by atoms with Gasteiger partial charge < -0.3 is 13.9 Å². The van der Waals surface area contributed by atoms with Gasteiger partial charge >= 0.3 is 11.2 Å². The average Bonchev–Trinajstić information content (AvgIpc) is 3.22. The molecule has 0 spiro atoms. The standard InChI is InChI=1S/C18H22N2O5S/c1-4-5-6-15-13-8-7-12(9-14(13)17(21)24-15)23-10-16-19-20-18(25-16)26(22)11(2)3/h7-9,11,15H,4-6,10H2,1-3H3. The van der Waals surface area contributed by atoms with Crippen molar-refractivity contribution >= 4 is 16.8 Å². The van der Waals surface area contributed by atoms with Crippen LogP contribution in [0.25, 0.3) is 0 Å². The third-order valence-corrected chi connectivity index (χ3v) is 5.44. The monoisotopic (exact) mass is 378 g/mol. The Morgan fingerprint density at radius 3 is 2.85 bits per heavy atom. The van der Waals surface area contributed by atoms with Crippen molar-refractivity contribution < 1.29 is 22.9 Å². The summed E-state index contributed by atoms with van der Waals surface area (Å²) in [6.07, 6.45) is 2.72. The quantitative estimate of drug-likeness (QED) is 0.648. The number of esters is 1. The van der Waals surface area contributed by atoms with E-state index in [2.05, 4.69) is 17.1 Å². The summed E-state index contributed by atoms with van der Waals surface area (Å²) in [6.45, 7) is 5.77. The molecule has 1 aromatic heterocycles. The molecule has 140 valence electrons. The van der Waals surface area contributed by atoms with Gasteiger partial charge in [0.2, 0.25) is 0 Å². The fourth-order valence-corrected chi connectivity index (χ4v) is 3.37. The first-order chi connectivity index (χ1) is 12.5. The lowest BCUT2D eigenvalue weighted by Gasteiger charge is -2.09. The number of rotatable bonds is 8. The molecule has 0 bridgehead atoms. The summed E-state index contributed by atoms with van der Waals surface area (Å²) in [6, 6.07) is 5.33. The largest absolute Gasteiger partial charge is 0.484 e. The van der Waals surface area contributed by atoms with Crippen molar-refractivity contribution in [2.24, 2.45) is 0 Å². The number of hydrogen-bond donors (Lipinski definition) is 0. The zero-order valence-corrected chi connectivity index (χ0v) is 15.9. The number of aromatic nitrogens is 2. The minimum Gasteiger partial charge on any atom is -0.484 e.